The minimum Gasteiger partial charge on any atom is -0.496 e. The number of aryl methyl sites for hydroxylation is 1. The Hall–Kier alpha value is -2.27. The van der Waals surface area contributed by atoms with E-state index in [9.17, 15) is 0 Å². The quantitative estimate of drug-likeness (QED) is 0.765. The van der Waals surface area contributed by atoms with Crippen LogP contribution in [0.15, 0.2) is 59.8 Å². The van der Waals surface area contributed by atoms with Crippen molar-refractivity contribution in [1.82, 2.24) is 0 Å². The topological polar surface area (TPSA) is 47.7 Å². The van der Waals surface area contributed by atoms with E-state index in [0.29, 0.717) is 5.82 Å². The fourth-order valence-corrected chi connectivity index (χ4v) is 2.72. The van der Waals surface area contributed by atoms with Gasteiger partial charge in [0.1, 0.15) is 11.5 Å². The number of benzene rings is 2. The number of hydrogen-bond donors (Lipinski definition) is 1. The molecule has 122 valence electrons. The van der Waals surface area contributed by atoms with E-state index in [1.165, 1.54) is 12.0 Å². The molecule has 0 aliphatic heterocycles. The molecule has 2 rings (SSSR count). The SMILES string of the molecule is C=C(N)N(CC)c1ccc(SOc2ccc(C)c(OC)c2)cc1. The van der Waals surface area contributed by atoms with Gasteiger partial charge in [-0.25, -0.2) is 0 Å². The molecule has 0 aliphatic rings. The van der Waals surface area contributed by atoms with Crippen LogP contribution < -0.4 is 19.6 Å². The summed E-state index contributed by atoms with van der Waals surface area (Å²) in [6, 6.07) is 13.8. The molecule has 0 saturated carbocycles. The fourth-order valence-electron chi connectivity index (χ4n) is 2.18. The van der Waals surface area contributed by atoms with E-state index in [1.807, 2.05) is 61.2 Å². The first-order valence-corrected chi connectivity index (χ1v) is 8.10. The maximum Gasteiger partial charge on any atom is 0.141 e. The number of nitrogens with two attached hydrogens (primary N) is 1. The molecular weight excluding hydrogens is 308 g/mol. The van der Waals surface area contributed by atoms with Crippen molar-refractivity contribution < 1.29 is 8.92 Å². The lowest BCUT2D eigenvalue weighted by atomic mass is 10.2. The Bertz CT molecular complexity index is 671. The Kier molecular flexibility index (Phi) is 5.82. The van der Waals surface area contributed by atoms with Crippen LogP contribution in [0.2, 0.25) is 0 Å². The minimum absolute atomic E-state index is 0.538. The summed E-state index contributed by atoms with van der Waals surface area (Å²) in [5.74, 6) is 2.11. The van der Waals surface area contributed by atoms with E-state index >= 15 is 0 Å². The van der Waals surface area contributed by atoms with Crippen molar-refractivity contribution in [2.45, 2.75) is 18.7 Å². The lowest BCUT2D eigenvalue weighted by Crippen LogP contribution is -2.26. The van der Waals surface area contributed by atoms with E-state index in [1.54, 1.807) is 7.11 Å². The van der Waals surface area contributed by atoms with Crippen molar-refractivity contribution in [2.75, 3.05) is 18.6 Å². The van der Waals surface area contributed by atoms with E-state index in [2.05, 4.69) is 6.58 Å². The maximum absolute atomic E-state index is 5.78. The molecule has 0 bridgehead atoms. The number of hydrogen-bond acceptors (Lipinski definition) is 5. The molecule has 0 heterocycles. The van der Waals surface area contributed by atoms with E-state index in [4.69, 9.17) is 14.7 Å². The molecule has 0 spiro atoms. The van der Waals surface area contributed by atoms with Gasteiger partial charge in [-0.3, -0.25) is 0 Å². The Balaban J connectivity index is 2.03. The third-order valence-corrected chi connectivity index (χ3v) is 4.17. The summed E-state index contributed by atoms with van der Waals surface area (Å²) >= 11 is 1.31. The lowest BCUT2D eigenvalue weighted by molar-refractivity contribution is 0.410. The number of anilines is 1. The van der Waals surface area contributed by atoms with Gasteiger partial charge >= 0.3 is 0 Å². The van der Waals surface area contributed by atoms with Crippen LogP contribution >= 0.6 is 12.0 Å². The molecule has 5 heteroatoms. The van der Waals surface area contributed by atoms with Gasteiger partial charge in [0.2, 0.25) is 0 Å². The van der Waals surface area contributed by atoms with E-state index < -0.39 is 0 Å². The van der Waals surface area contributed by atoms with Crippen molar-refractivity contribution in [3.05, 3.63) is 60.4 Å². The highest BCUT2D eigenvalue weighted by atomic mass is 32.2. The van der Waals surface area contributed by atoms with Gasteiger partial charge in [-0.2, -0.15) is 0 Å². The van der Waals surface area contributed by atoms with Gasteiger partial charge < -0.3 is 19.6 Å². The van der Waals surface area contributed by atoms with Crippen molar-refractivity contribution in [2.24, 2.45) is 5.73 Å². The lowest BCUT2D eigenvalue weighted by Gasteiger charge is -2.22. The zero-order chi connectivity index (χ0) is 16.8. The van der Waals surface area contributed by atoms with Crippen LogP contribution in [0.1, 0.15) is 12.5 Å². The highest BCUT2D eigenvalue weighted by molar-refractivity contribution is 7.95. The molecule has 23 heavy (non-hydrogen) atoms. The summed E-state index contributed by atoms with van der Waals surface area (Å²) in [4.78, 5) is 2.95. The Labute approximate surface area is 142 Å². The third-order valence-electron chi connectivity index (χ3n) is 3.42. The maximum atomic E-state index is 5.78. The summed E-state index contributed by atoms with van der Waals surface area (Å²) in [6.45, 7) is 8.60. The average molecular weight is 330 g/mol. The number of methoxy groups -OCH3 is 1. The molecule has 0 atom stereocenters. The Morgan fingerprint density at radius 3 is 2.48 bits per heavy atom. The first-order chi connectivity index (χ1) is 11.0. The van der Waals surface area contributed by atoms with Crippen LogP contribution in [0, 0.1) is 6.92 Å². The second-order valence-electron chi connectivity index (χ2n) is 5.03. The first kappa shape index (κ1) is 17.1. The van der Waals surface area contributed by atoms with Gasteiger partial charge in [0.15, 0.2) is 0 Å². The van der Waals surface area contributed by atoms with Crippen LogP contribution in [0.4, 0.5) is 5.69 Å². The molecule has 0 aromatic heterocycles. The molecular formula is C18H22N2O2S. The first-order valence-electron chi connectivity index (χ1n) is 7.36. The highest BCUT2D eigenvalue weighted by Crippen LogP contribution is 2.29. The summed E-state index contributed by atoms with van der Waals surface area (Å²) < 4.78 is 11.0. The zero-order valence-electron chi connectivity index (χ0n) is 13.7. The molecule has 0 fully saturated rings. The number of rotatable bonds is 7. The smallest absolute Gasteiger partial charge is 0.141 e. The molecule has 2 aromatic carbocycles. The van der Waals surface area contributed by atoms with Crippen LogP contribution in [0.3, 0.4) is 0 Å². The number of ether oxygens (including phenoxy) is 1. The summed E-state index contributed by atoms with van der Waals surface area (Å²) in [5.41, 5.74) is 7.88. The van der Waals surface area contributed by atoms with Gasteiger partial charge in [-0.05, 0) is 49.7 Å². The highest BCUT2D eigenvalue weighted by Gasteiger charge is 2.06. The van der Waals surface area contributed by atoms with E-state index in [0.717, 1.165) is 34.2 Å². The Morgan fingerprint density at radius 2 is 1.91 bits per heavy atom. The van der Waals surface area contributed by atoms with Gasteiger partial charge in [0, 0.05) is 23.2 Å². The summed E-state index contributed by atoms with van der Waals surface area (Å²) in [5, 5.41) is 0. The van der Waals surface area contributed by atoms with Crippen molar-refractivity contribution in [3.63, 3.8) is 0 Å². The predicted molar refractivity (Wildman–Crippen MR) is 97.0 cm³/mol. The molecule has 0 amide bonds. The van der Waals surface area contributed by atoms with Crippen LogP contribution in [0.5, 0.6) is 11.5 Å². The standard InChI is InChI=1S/C18H22N2O2S/c1-5-20(14(3)19)15-7-10-17(11-8-15)23-22-16-9-6-13(2)18(12-16)21-4/h6-12H,3,5,19H2,1-2,4H3. The van der Waals surface area contributed by atoms with Gasteiger partial charge in [-0.1, -0.05) is 12.6 Å². The van der Waals surface area contributed by atoms with Crippen LogP contribution in [0.25, 0.3) is 0 Å². The molecule has 0 saturated heterocycles. The summed E-state index contributed by atoms with van der Waals surface area (Å²) in [7, 11) is 1.66. The van der Waals surface area contributed by atoms with Crippen molar-refractivity contribution in [3.8, 4) is 11.5 Å². The van der Waals surface area contributed by atoms with Gasteiger partial charge in [0.05, 0.1) is 25.0 Å². The molecule has 0 unspecified atom stereocenters. The van der Waals surface area contributed by atoms with Crippen molar-refractivity contribution in [1.29, 1.82) is 0 Å². The molecule has 4 nitrogen and oxygen atoms in total. The zero-order valence-corrected chi connectivity index (χ0v) is 14.5. The second-order valence-corrected chi connectivity index (χ2v) is 5.83. The van der Waals surface area contributed by atoms with Crippen LogP contribution in [-0.4, -0.2) is 13.7 Å². The van der Waals surface area contributed by atoms with E-state index in [-0.39, 0.29) is 0 Å². The Morgan fingerprint density at radius 1 is 1.22 bits per heavy atom. The second kappa shape index (κ2) is 7.83. The molecule has 2 N–H and O–H groups in total. The average Bonchev–Trinajstić information content (AvgIpc) is 2.55. The normalized spacial score (nSPS) is 10.2. The monoisotopic (exact) mass is 330 g/mol. The number of nitrogens with zero attached hydrogens (tertiary/aromatic N) is 1. The third kappa shape index (κ3) is 4.36. The van der Waals surface area contributed by atoms with Gasteiger partial charge in [0.25, 0.3) is 0 Å². The van der Waals surface area contributed by atoms with Crippen LogP contribution in [-0.2, 0) is 0 Å². The predicted octanol–water partition coefficient (Wildman–Crippen LogP) is 4.35. The largest absolute Gasteiger partial charge is 0.496 e. The van der Waals surface area contributed by atoms with Gasteiger partial charge in [-0.15, -0.1) is 0 Å². The fraction of sp³-hybridized carbons (Fsp3) is 0.222. The molecule has 2 aromatic rings. The van der Waals surface area contributed by atoms with Crippen molar-refractivity contribution >= 4 is 17.7 Å². The minimum atomic E-state index is 0.538. The summed E-state index contributed by atoms with van der Waals surface area (Å²) in [6.07, 6.45) is 0. The molecule has 0 aliphatic carbocycles. The molecule has 0 radical (unpaired) electrons.